The van der Waals surface area contributed by atoms with E-state index in [2.05, 4.69) is 29.1 Å². The van der Waals surface area contributed by atoms with Gasteiger partial charge >= 0.3 is 0 Å². The normalized spacial score (nSPS) is 15.9. The molecule has 0 unspecified atom stereocenters. The SMILES string of the molecule is CN1Cc2ccc(N(C)C)nc2C1. The minimum Gasteiger partial charge on any atom is -0.363 e. The van der Waals surface area contributed by atoms with E-state index in [1.165, 1.54) is 11.3 Å². The zero-order valence-corrected chi connectivity index (χ0v) is 8.41. The highest BCUT2D eigenvalue weighted by Gasteiger charge is 2.17. The van der Waals surface area contributed by atoms with Gasteiger partial charge in [0.05, 0.1) is 5.69 Å². The molecule has 0 saturated heterocycles. The monoisotopic (exact) mass is 177 g/mol. The predicted octanol–water partition coefficient (Wildman–Crippen LogP) is 1.09. The standard InChI is InChI=1S/C10H15N3/c1-12(2)10-5-4-8-6-13(3)7-9(8)11-10/h4-5H,6-7H2,1-3H3. The highest BCUT2D eigenvalue weighted by Crippen LogP contribution is 2.21. The van der Waals surface area contributed by atoms with Gasteiger partial charge in [-0.25, -0.2) is 4.98 Å². The van der Waals surface area contributed by atoms with Crippen molar-refractivity contribution in [2.75, 3.05) is 26.0 Å². The Morgan fingerprint density at radius 2 is 2.08 bits per heavy atom. The number of nitrogens with zero attached hydrogens (tertiary/aromatic N) is 3. The van der Waals surface area contributed by atoms with Gasteiger partial charge in [0.15, 0.2) is 0 Å². The van der Waals surface area contributed by atoms with E-state index in [0.717, 1.165) is 18.9 Å². The molecule has 0 N–H and O–H groups in total. The van der Waals surface area contributed by atoms with E-state index < -0.39 is 0 Å². The van der Waals surface area contributed by atoms with Crippen LogP contribution in [0.2, 0.25) is 0 Å². The fourth-order valence-electron chi connectivity index (χ4n) is 1.65. The molecule has 3 heteroatoms. The molecule has 0 fully saturated rings. The molecular formula is C10H15N3. The number of hydrogen-bond acceptors (Lipinski definition) is 3. The molecule has 0 aliphatic carbocycles. The molecule has 2 rings (SSSR count). The topological polar surface area (TPSA) is 19.4 Å². The lowest BCUT2D eigenvalue weighted by molar-refractivity contribution is 0.351. The summed E-state index contributed by atoms with van der Waals surface area (Å²) >= 11 is 0. The van der Waals surface area contributed by atoms with Crippen molar-refractivity contribution in [1.29, 1.82) is 0 Å². The number of pyridine rings is 1. The van der Waals surface area contributed by atoms with Crippen LogP contribution in [0.4, 0.5) is 5.82 Å². The fourth-order valence-corrected chi connectivity index (χ4v) is 1.65. The molecule has 2 heterocycles. The number of hydrogen-bond donors (Lipinski definition) is 0. The average molecular weight is 177 g/mol. The van der Waals surface area contributed by atoms with Gasteiger partial charge in [-0.2, -0.15) is 0 Å². The van der Waals surface area contributed by atoms with Gasteiger partial charge in [-0.15, -0.1) is 0 Å². The van der Waals surface area contributed by atoms with Crippen molar-refractivity contribution in [3.05, 3.63) is 23.4 Å². The summed E-state index contributed by atoms with van der Waals surface area (Å²) in [5.74, 6) is 1.05. The second-order valence-electron chi connectivity index (χ2n) is 3.84. The Hall–Kier alpha value is -1.09. The highest BCUT2D eigenvalue weighted by molar-refractivity contribution is 5.41. The van der Waals surface area contributed by atoms with Crippen molar-refractivity contribution in [3.8, 4) is 0 Å². The minimum atomic E-state index is 0.983. The Balaban J connectivity index is 2.35. The van der Waals surface area contributed by atoms with Crippen LogP contribution in [-0.4, -0.2) is 31.0 Å². The fraction of sp³-hybridized carbons (Fsp3) is 0.500. The quantitative estimate of drug-likeness (QED) is 0.640. The molecule has 0 saturated carbocycles. The molecule has 0 amide bonds. The first kappa shape index (κ1) is 8.51. The van der Waals surface area contributed by atoms with E-state index in [9.17, 15) is 0 Å². The number of anilines is 1. The maximum atomic E-state index is 4.59. The van der Waals surface area contributed by atoms with E-state index in [-0.39, 0.29) is 0 Å². The lowest BCUT2D eigenvalue weighted by atomic mass is 10.2. The molecule has 0 atom stereocenters. The van der Waals surface area contributed by atoms with Crippen LogP contribution in [0.1, 0.15) is 11.3 Å². The van der Waals surface area contributed by atoms with Crippen LogP contribution >= 0.6 is 0 Å². The van der Waals surface area contributed by atoms with Gasteiger partial charge in [0.25, 0.3) is 0 Å². The van der Waals surface area contributed by atoms with Crippen LogP contribution in [0, 0.1) is 0 Å². The molecule has 70 valence electrons. The van der Waals surface area contributed by atoms with Crippen LogP contribution in [0.5, 0.6) is 0 Å². The van der Waals surface area contributed by atoms with E-state index in [1.807, 2.05) is 19.0 Å². The van der Waals surface area contributed by atoms with Crippen LogP contribution in [0.25, 0.3) is 0 Å². The van der Waals surface area contributed by atoms with Gasteiger partial charge in [0, 0.05) is 27.2 Å². The van der Waals surface area contributed by atoms with Crippen molar-refractivity contribution < 1.29 is 0 Å². The Bertz CT molecular complexity index is 320. The maximum Gasteiger partial charge on any atom is 0.128 e. The Labute approximate surface area is 79.0 Å². The van der Waals surface area contributed by atoms with Crippen LogP contribution in [0.15, 0.2) is 12.1 Å². The number of aromatic nitrogens is 1. The van der Waals surface area contributed by atoms with E-state index in [0.29, 0.717) is 0 Å². The van der Waals surface area contributed by atoms with Crippen LogP contribution in [0.3, 0.4) is 0 Å². The minimum absolute atomic E-state index is 0.983. The lowest BCUT2D eigenvalue weighted by Gasteiger charge is -2.11. The first-order valence-electron chi connectivity index (χ1n) is 4.51. The van der Waals surface area contributed by atoms with Crippen LogP contribution < -0.4 is 4.90 Å². The molecule has 0 bridgehead atoms. The van der Waals surface area contributed by atoms with Crippen molar-refractivity contribution in [3.63, 3.8) is 0 Å². The van der Waals surface area contributed by atoms with Gasteiger partial charge in [0.2, 0.25) is 0 Å². The first-order chi connectivity index (χ1) is 6.16. The third-order valence-electron chi connectivity index (χ3n) is 2.37. The molecule has 1 aromatic heterocycles. The van der Waals surface area contributed by atoms with E-state index in [4.69, 9.17) is 0 Å². The summed E-state index contributed by atoms with van der Waals surface area (Å²) < 4.78 is 0. The molecule has 0 aromatic carbocycles. The van der Waals surface area contributed by atoms with Crippen molar-refractivity contribution in [1.82, 2.24) is 9.88 Å². The van der Waals surface area contributed by atoms with Crippen molar-refractivity contribution in [2.24, 2.45) is 0 Å². The molecule has 13 heavy (non-hydrogen) atoms. The summed E-state index contributed by atoms with van der Waals surface area (Å²) in [6.07, 6.45) is 0. The molecular weight excluding hydrogens is 162 g/mol. The molecule has 1 aliphatic heterocycles. The first-order valence-corrected chi connectivity index (χ1v) is 4.51. The average Bonchev–Trinajstić information content (AvgIpc) is 2.42. The largest absolute Gasteiger partial charge is 0.363 e. The zero-order chi connectivity index (χ0) is 9.42. The van der Waals surface area contributed by atoms with Gasteiger partial charge in [0.1, 0.15) is 5.82 Å². The lowest BCUT2D eigenvalue weighted by Crippen LogP contribution is -2.11. The summed E-state index contributed by atoms with van der Waals surface area (Å²) in [4.78, 5) is 8.90. The summed E-state index contributed by atoms with van der Waals surface area (Å²) in [7, 11) is 6.16. The highest BCUT2D eigenvalue weighted by atomic mass is 15.2. The molecule has 0 radical (unpaired) electrons. The summed E-state index contributed by atoms with van der Waals surface area (Å²) in [5.41, 5.74) is 2.60. The van der Waals surface area contributed by atoms with Crippen LogP contribution in [-0.2, 0) is 13.1 Å². The summed E-state index contributed by atoms with van der Waals surface area (Å²) in [6.45, 7) is 2.02. The van der Waals surface area contributed by atoms with Crippen molar-refractivity contribution in [2.45, 2.75) is 13.1 Å². The van der Waals surface area contributed by atoms with E-state index in [1.54, 1.807) is 0 Å². The van der Waals surface area contributed by atoms with Gasteiger partial charge in [-0.1, -0.05) is 6.07 Å². The number of fused-ring (bicyclic) bond motifs is 1. The predicted molar refractivity (Wildman–Crippen MR) is 53.7 cm³/mol. The van der Waals surface area contributed by atoms with Crippen molar-refractivity contribution >= 4 is 5.82 Å². The second kappa shape index (κ2) is 3.00. The maximum absolute atomic E-state index is 4.59. The Morgan fingerprint density at radius 3 is 2.77 bits per heavy atom. The van der Waals surface area contributed by atoms with Gasteiger partial charge < -0.3 is 4.90 Å². The van der Waals surface area contributed by atoms with Gasteiger partial charge in [-0.3, -0.25) is 4.90 Å². The summed E-state index contributed by atoms with van der Waals surface area (Å²) in [5, 5.41) is 0. The Morgan fingerprint density at radius 1 is 1.31 bits per heavy atom. The summed E-state index contributed by atoms with van der Waals surface area (Å²) in [6, 6.07) is 4.26. The third kappa shape index (κ3) is 1.52. The second-order valence-corrected chi connectivity index (χ2v) is 3.84. The Kier molecular flexibility index (Phi) is 1.96. The smallest absolute Gasteiger partial charge is 0.128 e. The molecule has 1 aromatic rings. The molecule has 3 nitrogen and oxygen atoms in total. The van der Waals surface area contributed by atoms with Gasteiger partial charge in [-0.05, 0) is 18.7 Å². The molecule has 1 aliphatic rings. The zero-order valence-electron chi connectivity index (χ0n) is 8.41. The number of rotatable bonds is 1. The third-order valence-corrected chi connectivity index (χ3v) is 2.37. The molecule has 0 spiro atoms. The van der Waals surface area contributed by atoms with E-state index >= 15 is 0 Å².